The van der Waals surface area contributed by atoms with E-state index in [1.54, 1.807) is 29.3 Å². The monoisotopic (exact) mass is 404 g/mol. The Morgan fingerprint density at radius 1 is 1.14 bits per heavy atom. The van der Waals surface area contributed by atoms with Crippen molar-refractivity contribution in [2.75, 3.05) is 13.7 Å². The molecular formula is C20H16N6O2S. The summed E-state index contributed by atoms with van der Waals surface area (Å²) in [5.41, 5.74) is 2.68. The van der Waals surface area contributed by atoms with E-state index in [0.29, 0.717) is 40.9 Å². The highest BCUT2D eigenvalue weighted by Crippen LogP contribution is 2.24. The Morgan fingerprint density at radius 3 is 2.72 bits per heavy atom. The van der Waals surface area contributed by atoms with Gasteiger partial charge in [0.25, 0.3) is 5.56 Å². The molecule has 0 bridgehead atoms. The van der Waals surface area contributed by atoms with Gasteiger partial charge in [0.05, 0.1) is 30.4 Å². The Labute approximate surface area is 168 Å². The fraction of sp³-hybridized carbons (Fsp3) is 0.150. The van der Waals surface area contributed by atoms with Gasteiger partial charge in [-0.3, -0.25) is 9.36 Å². The molecule has 0 radical (unpaired) electrons. The minimum absolute atomic E-state index is 0.188. The Hall–Kier alpha value is -3.43. The van der Waals surface area contributed by atoms with E-state index in [1.807, 2.05) is 41.8 Å². The second-order valence-electron chi connectivity index (χ2n) is 6.39. The summed E-state index contributed by atoms with van der Waals surface area (Å²) >= 11 is 1.57. The summed E-state index contributed by atoms with van der Waals surface area (Å²) in [5, 5.41) is 6.95. The van der Waals surface area contributed by atoms with Crippen molar-refractivity contribution in [2.24, 2.45) is 5.10 Å². The lowest BCUT2D eigenvalue weighted by Gasteiger charge is -2.04. The molecule has 0 amide bonds. The van der Waals surface area contributed by atoms with Crippen LogP contribution < -0.4 is 5.56 Å². The number of hydrogen-bond donors (Lipinski definition) is 0. The van der Waals surface area contributed by atoms with Gasteiger partial charge >= 0.3 is 0 Å². The van der Waals surface area contributed by atoms with E-state index in [4.69, 9.17) is 14.7 Å². The quantitative estimate of drug-likeness (QED) is 0.420. The van der Waals surface area contributed by atoms with Gasteiger partial charge in [-0.05, 0) is 23.6 Å². The molecule has 0 aliphatic rings. The standard InChI is InChI=1S/C20H16N6O2S/c1-28-9-8-25-12-21-18-16(20(25)27)17-19(24-15-7-3-2-6-14(15)23-17)26(18)22-11-13-5-4-10-29-13/h2-7,10-12H,8-9H2,1H3/b22-11+. The van der Waals surface area contributed by atoms with Gasteiger partial charge in [-0.15, -0.1) is 11.3 Å². The zero-order valence-electron chi connectivity index (χ0n) is 15.5. The lowest BCUT2D eigenvalue weighted by Crippen LogP contribution is -2.22. The van der Waals surface area contributed by atoms with Gasteiger partial charge < -0.3 is 4.74 Å². The van der Waals surface area contributed by atoms with Crippen LogP contribution in [0.5, 0.6) is 0 Å². The van der Waals surface area contributed by atoms with Gasteiger partial charge in [-0.1, -0.05) is 18.2 Å². The first-order valence-electron chi connectivity index (χ1n) is 8.99. The Bertz CT molecular complexity index is 1420. The predicted molar refractivity (Wildman–Crippen MR) is 114 cm³/mol. The molecule has 5 rings (SSSR count). The van der Waals surface area contributed by atoms with Crippen molar-refractivity contribution in [3.63, 3.8) is 0 Å². The van der Waals surface area contributed by atoms with Crippen LogP contribution in [-0.2, 0) is 11.3 Å². The van der Waals surface area contributed by atoms with Crippen LogP contribution in [0.15, 0.2) is 58.0 Å². The average Bonchev–Trinajstić information content (AvgIpc) is 3.36. The molecule has 4 aromatic heterocycles. The van der Waals surface area contributed by atoms with Gasteiger partial charge in [-0.2, -0.15) is 9.78 Å². The molecule has 0 atom stereocenters. The van der Waals surface area contributed by atoms with Crippen molar-refractivity contribution in [1.82, 2.24) is 24.2 Å². The Morgan fingerprint density at radius 2 is 1.97 bits per heavy atom. The minimum atomic E-state index is -0.188. The molecule has 29 heavy (non-hydrogen) atoms. The van der Waals surface area contributed by atoms with E-state index in [0.717, 1.165) is 10.4 Å². The van der Waals surface area contributed by atoms with Crippen LogP contribution in [0, 0.1) is 0 Å². The number of aromatic nitrogens is 5. The van der Waals surface area contributed by atoms with E-state index in [2.05, 4.69) is 10.1 Å². The Kier molecular flexibility index (Phi) is 4.38. The van der Waals surface area contributed by atoms with E-state index in [1.165, 1.54) is 10.9 Å². The summed E-state index contributed by atoms with van der Waals surface area (Å²) in [6.45, 7) is 0.821. The molecule has 5 aromatic rings. The summed E-state index contributed by atoms with van der Waals surface area (Å²) in [6, 6.07) is 11.5. The van der Waals surface area contributed by atoms with E-state index >= 15 is 0 Å². The first kappa shape index (κ1) is 17.7. The Balaban J connectivity index is 1.84. The molecule has 0 saturated heterocycles. The topological polar surface area (TPSA) is 87.2 Å². The molecule has 9 heteroatoms. The van der Waals surface area contributed by atoms with E-state index in [9.17, 15) is 4.79 Å². The normalized spacial score (nSPS) is 12.0. The lowest BCUT2D eigenvalue weighted by molar-refractivity contribution is 0.186. The highest BCUT2D eigenvalue weighted by Gasteiger charge is 2.19. The van der Waals surface area contributed by atoms with Crippen LogP contribution in [-0.4, -0.2) is 44.1 Å². The molecule has 0 fully saturated rings. The third kappa shape index (κ3) is 3.00. The van der Waals surface area contributed by atoms with Crippen LogP contribution in [0.3, 0.4) is 0 Å². The second-order valence-corrected chi connectivity index (χ2v) is 7.37. The molecule has 0 spiro atoms. The van der Waals surface area contributed by atoms with Gasteiger partial charge in [0.2, 0.25) is 0 Å². The molecule has 8 nitrogen and oxygen atoms in total. The molecule has 0 aliphatic carbocycles. The largest absolute Gasteiger partial charge is 0.383 e. The van der Waals surface area contributed by atoms with Crippen molar-refractivity contribution in [3.05, 3.63) is 63.3 Å². The van der Waals surface area contributed by atoms with Crippen LogP contribution >= 0.6 is 11.3 Å². The van der Waals surface area contributed by atoms with Crippen LogP contribution in [0.2, 0.25) is 0 Å². The number of fused-ring (bicyclic) bond motifs is 4. The van der Waals surface area contributed by atoms with Gasteiger partial charge in [0, 0.05) is 12.0 Å². The van der Waals surface area contributed by atoms with Gasteiger partial charge in [-0.25, -0.2) is 15.0 Å². The minimum Gasteiger partial charge on any atom is -0.383 e. The number of hydrogen-bond acceptors (Lipinski definition) is 7. The van der Waals surface area contributed by atoms with Crippen molar-refractivity contribution in [1.29, 1.82) is 0 Å². The van der Waals surface area contributed by atoms with Crippen LogP contribution in [0.25, 0.3) is 33.2 Å². The second kappa shape index (κ2) is 7.19. The molecule has 144 valence electrons. The highest BCUT2D eigenvalue weighted by atomic mass is 32.1. The average molecular weight is 404 g/mol. The number of ether oxygens (including phenoxy) is 1. The number of methoxy groups -OCH3 is 1. The zero-order chi connectivity index (χ0) is 19.8. The molecule has 0 unspecified atom stereocenters. The molecular weight excluding hydrogens is 388 g/mol. The maximum Gasteiger partial charge on any atom is 0.265 e. The van der Waals surface area contributed by atoms with Crippen molar-refractivity contribution in [2.45, 2.75) is 6.54 Å². The van der Waals surface area contributed by atoms with Crippen LogP contribution in [0.4, 0.5) is 0 Å². The summed E-state index contributed by atoms with van der Waals surface area (Å²) in [6.07, 6.45) is 3.25. The third-order valence-corrected chi connectivity index (χ3v) is 5.39. The van der Waals surface area contributed by atoms with E-state index < -0.39 is 0 Å². The summed E-state index contributed by atoms with van der Waals surface area (Å²) < 4.78 is 8.21. The van der Waals surface area contributed by atoms with Gasteiger partial charge in [0.15, 0.2) is 11.3 Å². The fourth-order valence-electron chi connectivity index (χ4n) is 3.19. The maximum atomic E-state index is 13.2. The molecule has 0 saturated carbocycles. The number of nitrogens with zero attached hydrogens (tertiary/aromatic N) is 6. The maximum absolute atomic E-state index is 13.2. The van der Waals surface area contributed by atoms with Crippen LogP contribution in [0.1, 0.15) is 4.88 Å². The van der Waals surface area contributed by atoms with Gasteiger partial charge in [0.1, 0.15) is 17.2 Å². The molecule has 4 heterocycles. The fourth-order valence-corrected chi connectivity index (χ4v) is 3.77. The third-order valence-electron chi connectivity index (χ3n) is 4.59. The smallest absolute Gasteiger partial charge is 0.265 e. The summed E-state index contributed by atoms with van der Waals surface area (Å²) in [5.74, 6) is 0. The number of para-hydroxylation sites is 2. The molecule has 1 aromatic carbocycles. The highest BCUT2D eigenvalue weighted by molar-refractivity contribution is 7.11. The summed E-state index contributed by atoms with van der Waals surface area (Å²) in [7, 11) is 1.60. The zero-order valence-corrected chi connectivity index (χ0v) is 16.3. The van der Waals surface area contributed by atoms with Crippen molar-refractivity contribution in [3.8, 4) is 0 Å². The summed E-state index contributed by atoms with van der Waals surface area (Å²) in [4.78, 5) is 28.1. The first-order valence-corrected chi connectivity index (χ1v) is 9.87. The number of rotatable bonds is 5. The number of thiophene rings is 1. The lowest BCUT2D eigenvalue weighted by atomic mass is 10.3. The SMILES string of the molecule is COCCn1cnc2c(c1=O)c1nc3ccccc3nc1n2/N=C/c1cccs1. The number of benzene rings is 1. The molecule has 0 N–H and O–H groups in total. The van der Waals surface area contributed by atoms with E-state index in [-0.39, 0.29) is 5.56 Å². The predicted octanol–water partition coefficient (Wildman–Crippen LogP) is 2.88. The van der Waals surface area contributed by atoms with Crippen molar-refractivity contribution < 1.29 is 4.74 Å². The van der Waals surface area contributed by atoms with Crippen molar-refractivity contribution >= 4 is 50.8 Å². The molecule has 0 aliphatic heterocycles. The first-order chi connectivity index (χ1) is 14.3.